The second kappa shape index (κ2) is 7.40. The number of carboxylic acid groups (broad SMARTS) is 1. The number of aromatic nitrogens is 1. The van der Waals surface area contributed by atoms with Gasteiger partial charge in [-0.1, -0.05) is 11.6 Å². The lowest BCUT2D eigenvalue weighted by Gasteiger charge is -2.41. The number of hydrogen-bond acceptors (Lipinski definition) is 8. The van der Waals surface area contributed by atoms with Crippen LogP contribution in [0, 0.1) is 28.9 Å². The van der Waals surface area contributed by atoms with E-state index in [9.17, 15) is 33.5 Å². The van der Waals surface area contributed by atoms with E-state index in [-0.39, 0.29) is 30.5 Å². The van der Waals surface area contributed by atoms with Gasteiger partial charge in [0.1, 0.15) is 11.9 Å². The molecule has 0 bridgehead atoms. The molecule has 2 aliphatic rings. The van der Waals surface area contributed by atoms with Crippen LogP contribution in [0.1, 0.15) is 15.9 Å². The summed E-state index contributed by atoms with van der Waals surface area (Å²) in [6.07, 6.45) is 0. The van der Waals surface area contributed by atoms with Crippen molar-refractivity contribution < 1.29 is 28.3 Å². The van der Waals surface area contributed by atoms with Crippen LogP contribution in [0.25, 0.3) is 0 Å². The van der Waals surface area contributed by atoms with Crippen LogP contribution in [0.4, 0.5) is 31.8 Å². The molecule has 164 valence electrons. The number of anilines is 4. The van der Waals surface area contributed by atoms with Gasteiger partial charge in [0.05, 0.1) is 22.0 Å². The number of rotatable bonds is 3. The maximum Gasteiger partial charge on any atom is 0.324 e. The molecular formula is C19H13ClF2N6O4. The van der Waals surface area contributed by atoms with Crippen LogP contribution in [-0.2, 0) is 9.59 Å². The van der Waals surface area contributed by atoms with Crippen molar-refractivity contribution in [3.05, 3.63) is 39.9 Å². The highest BCUT2D eigenvalue weighted by atomic mass is 35.5. The molecule has 1 saturated heterocycles. The molecule has 4 rings (SSSR count). The van der Waals surface area contributed by atoms with Gasteiger partial charge < -0.3 is 21.5 Å². The van der Waals surface area contributed by atoms with Crippen LogP contribution in [0.5, 0.6) is 0 Å². The molecule has 10 nitrogen and oxygen atoms in total. The number of nitrogen functional groups attached to an aromatic ring is 1. The highest BCUT2D eigenvalue weighted by molar-refractivity contribution is 6.41. The highest BCUT2D eigenvalue weighted by Crippen LogP contribution is 2.47. The number of Topliss-reactive ketones (excluding diaryl/α,β-unsaturated/α-hetero) is 1. The van der Waals surface area contributed by atoms with Gasteiger partial charge in [-0.2, -0.15) is 5.26 Å². The van der Waals surface area contributed by atoms with E-state index in [4.69, 9.17) is 23.1 Å². The predicted octanol–water partition coefficient (Wildman–Crippen LogP) is 1.18. The molecule has 1 aromatic carbocycles. The number of carbonyl (C=O) groups is 3. The minimum atomic E-state index is -2.26. The van der Waals surface area contributed by atoms with E-state index in [0.717, 1.165) is 6.07 Å². The monoisotopic (exact) mass is 462 g/mol. The molecule has 32 heavy (non-hydrogen) atoms. The van der Waals surface area contributed by atoms with Crippen LogP contribution in [0.15, 0.2) is 12.1 Å². The third-order valence-corrected chi connectivity index (χ3v) is 5.53. The van der Waals surface area contributed by atoms with Gasteiger partial charge in [0.25, 0.3) is 5.91 Å². The van der Waals surface area contributed by atoms with Crippen LogP contribution < -0.4 is 21.3 Å². The van der Waals surface area contributed by atoms with Crippen LogP contribution >= 0.6 is 11.6 Å². The summed E-state index contributed by atoms with van der Waals surface area (Å²) in [5, 5.41) is 18.5. The smallest absolute Gasteiger partial charge is 0.324 e. The average Bonchev–Trinajstić information content (AvgIpc) is 2.69. The van der Waals surface area contributed by atoms with Gasteiger partial charge in [-0.3, -0.25) is 19.3 Å². The number of nitrogens with two attached hydrogens (primary N) is 2. The van der Waals surface area contributed by atoms with Crippen molar-refractivity contribution in [3.63, 3.8) is 0 Å². The molecule has 0 radical (unpaired) electrons. The Kier molecular flexibility index (Phi) is 4.95. The Labute approximate surface area is 183 Å². The fraction of sp³-hybridized carbons (Fsp3) is 0.211. The lowest BCUT2D eigenvalue weighted by atomic mass is 9.89. The third kappa shape index (κ3) is 3.02. The lowest BCUT2D eigenvalue weighted by molar-refractivity contribution is -0.143. The Morgan fingerprint density at radius 2 is 1.91 bits per heavy atom. The zero-order chi connectivity index (χ0) is 23.5. The minimum Gasteiger partial charge on any atom is -0.480 e. The number of benzene rings is 1. The molecule has 1 aromatic heterocycles. The van der Waals surface area contributed by atoms with Gasteiger partial charge in [-0.15, -0.1) is 0 Å². The van der Waals surface area contributed by atoms with Crippen LogP contribution in [0.3, 0.4) is 0 Å². The lowest BCUT2D eigenvalue weighted by Crippen LogP contribution is -2.56. The van der Waals surface area contributed by atoms with E-state index in [0.29, 0.717) is 11.0 Å². The van der Waals surface area contributed by atoms with Crippen molar-refractivity contribution in [1.29, 1.82) is 5.26 Å². The van der Waals surface area contributed by atoms with Gasteiger partial charge in [0.15, 0.2) is 29.2 Å². The molecule has 0 saturated carbocycles. The summed E-state index contributed by atoms with van der Waals surface area (Å²) < 4.78 is 28.8. The van der Waals surface area contributed by atoms with Gasteiger partial charge in [-0.05, 0) is 12.1 Å². The van der Waals surface area contributed by atoms with Crippen molar-refractivity contribution in [3.8, 4) is 6.07 Å². The first-order valence-corrected chi connectivity index (χ1v) is 9.44. The molecule has 1 amide bonds. The quantitative estimate of drug-likeness (QED) is 0.567. The number of aliphatic carboxylic acids is 1. The molecule has 2 aromatic rings. The summed E-state index contributed by atoms with van der Waals surface area (Å²) in [4.78, 5) is 43.4. The third-order valence-electron chi connectivity index (χ3n) is 5.18. The number of ketones is 1. The average molecular weight is 463 g/mol. The van der Waals surface area contributed by atoms with E-state index in [1.54, 1.807) is 6.07 Å². The molecule has 0 aliphatic carbocycles. The maximum absolute atomic E-state index is 14.9. The van der Waals surface area contributed by atoms with Crippen molar-refractivity contribution in [2.24, 2.45) is 11.7 Å². The Hall–Kier alpha value is -3.82. The normalized spacial score (nSPS) is 18.3. The molecule has 0 spiro atoms. The fourth-order valence-electron chi connectivity index (χ4n) is 3.67. The van der Waals surface area contributed by atoms with E-state index in [1.807, 2.05) is 0 Å². The largest absolute Gasteiger partial charge is 0.480 e. The Balaban J connectivity index is 2.04. The van der Waals surface area contributed by atoms with Gasteiger partial charge in [0, 0.05) is 24.7 Å². The Morgan fingerprint density at radius 3 is 2.47 bits per heavy atom. The number of pyridine rings is 1. The Morgan fingerprint density at radius 1 is 1.25 bits per heavy atom. The fourth-order valence-corrected chi connectivity index (χ4v) is 4.07. The number of amides is 1. The van der Waals surface area contributed by atoms with Crippen molar-refractivity contribution in [2.75, 3.05) is 28.6 Å². The number of carbonyl (C=O) groups excluding carboxylic acids is 2. The van der Waals surface area contributed by atoms with Crippen LogP contribution in [-0.4, -0.2) is 46.9 Å². The zero-order valence-corrected chi connectivity index (χ0v) is 16.7. The van der Waals surface area contributed by atoms with Gasteiger partial charge >= 0.3 is 5.97 Å². The van der Waals surface area contributed by atoms with Crippen LogP contribution in [0.2, 0.25) is 5.02 Å². The Bertz CT molecular complexity index is 1260. The molecule has 1 unspecified atom stereocenters. The van der Waals surface area contributed by atoms with Gasteiger partial charge in [0.2, 0.25) is 0 Å². The SMILES string of the molecule is N#Cc1cc(F)c(N)nc1N1C(=O)C(C(=O)O)C(=O)c2cc(F)c(N3CC(N)C3)c(Cl)c21. The molecule has 3 heterocycles. The summed E-state index contributed by atoms with van der Waals surface area (Å²) in [7, 11) is 0. The molecule has 1 atom stereocenters. The van der Waals surface area contributed by atoms with Gasteiger partial charge in [-0.25, -0.2) is 13.8 Å². The highest BCUT2D eigenvalue weighted by Gasteiger charge is 2.48. The van der Waals surface area contributed by atoms with Crippen molar-refractivity contribution >= 4 is 52.3 Å². The molecular weight excluding hydrogens is 450 g/mol. The molecule has 1 fully saturated rings. The summed E-state index contributed by atoms with van der Waals surface area (Å²) in [6.45, 7) is 0.473. The van der Waals surface area contributed by atoms with Crippen molar-refractivity contribution in [1.82, 2.24) is 4.98 Å². The number of fused-ring (bicyclic) bond motifs is 1. The first-order valence-electron chi connectivity index (χ1n) is 9.06. The molecule has 5 N–H and O–H groups in total. The number of carboxylic acids is 1. The van der Waals surface area contributed by atoms with Crippen molar-refractivity contribution in [2.45, 2.75) is 6.04 Å². The summed E-state index contributed by atoms with van der Waals surface area (Å²) >= 11 is 6.42. The predicted molar refractivity (Wildman–Crippen MR) is 108 cm³/mol. The van der Waals surface area contributed by atoms with E-state index in [1.165, 1.54) is 4.90 Å². The molecule has 2 aliphatic heterocycles. The number of halogens is 3. The minimum absolute atomic E-state index is 0.167. The zero-order valence-electron chi connectivity index (χ0n) is 16.0. The second-order valence-corrected chi connectivity index (χ2v) is 7.61. The standard InChI is InChI=1S/C19H13ClF2N6O4/c20-12-13-8(2-9(21)14(12)27-4-7(24)5-27)15(29)11(19(31)32)18(30)28(13)17-6(3-23)1-10(22)16(25)26-17/h1-2,7,11H,4-5,24H2,(H2,25,26)(H,31,32). The first-order chi connectivity index (χ1) is 15.1. The summed E-state index contributed by atoms with van der Waals surface area (Å²) in [5.74, 6) is -9.81. The topological polar surface area (TPSA) is 167 Å². The number of nitrogens with zero attached hydrogens (tertiary/aromatic N) is 4. The van der Waals surface area contributed by atoms with E-state index < -0.39 is 63.0 Å². The molecule has 13 heteroatoms. The summed E-state index contributed by atoms with van der Waals surface area (Å²) in [5.41, 5.74) is 9.69. The maximum atomic E-state index is 14.9. The number of hydrogen-bond donors (Lipinski definition) is 3. The van der Waals surface area contributed by atoms with E-state index in [2.05, 4.69) is 4.98 Å². The first kappa shape index (κ1) is 21.4. The second-order valence-electron chi connectivity index (χ2n) is 7.23. The van der Waals surface area contributed by atoms with E-state index >= 15 is 0 Å². The number of nitriles is 1. The summed E-state index contributed by atoms with van der Waals surface area (Å²) in [6, 6.07) is 2.85.